The molecular formula is C23H32N2O2S. The number of thioether (sulfide) groups is 1. The highest BCUT2D eigenvalue weighted by atomic mass is 32.2. The number of nitrogens with zero attached hydrogens (tertiary/aromatic N) is 1. The number of aromatic amines is 1. The van der Waals surface area contributed by atoms with Crippen molar-refractivity contribution in [2.24, 2.45) is 0 Å². The quantitative estimate of drug-likeness (QED) is 0.516. The Morgan fingerprint density at radius 1 is 0.929 bits per heavy atom. The van der Waals surface area contributed by atoms with E-state index in [9.17, 15) is 0 Å². The van der Waals surface area contributed by atoms with Crippen LogP contribution in [0.4, 0.5) is 0 Å². The second-order valence-corrected chi connectivity index (χ2v) is 8.73. The number of aromatic nitrogens is 2. The maximum absolute atomic E-state index is 5.27. The monoisotopic (exact) mass is 400 g/mol. The van der Waals surface area contributed by atoms with Crippen molar-refractivity contribution >= 4 is 22.8 Å². The smallest absolute Gasteiger partial charge is 0.166 e. The molecule has 0 fully saturated rings. The van der Waals surface area contributed by atoms with Gasteiger partial charge in [0.1, 0.15) is 0 Å². The third kappa shape index (κ3) is 5.84. The molecule has 0 saturated carbocycles. The molecule has 0 unspecified atom stereocenters. The summed E-state index contributed by atoms with van der Waals surface area (Å²) in [6, 6.07) is 16.7. The third-order valence-electron chi connectivity index (χ3n) is 5.30. The summed E-state index contributed by atoms with van der Waals surface area (Å²) in [4.78, 5) is 7.89. The zero-order valence-electron chi connectivity index (χ0n) is 18.0. The molecule has 0 spiro atoms. The number of para-hydroxylation sites is 2. The standard InChI is InChI=1S/C15H14N2S.C8H18O2/c1-11-5-4-6-12(9-11)10-18-15-16-13-7-2-3-8-14(13)17-15;1-7(2,9-5)8(3,4)10-6/h2-9H,10H2,1H3,(H,16,17);1-6H3. The molecule has 0 radical (unpaired) electrons. The fourth-order valence-electron chi connectivity index (χ4n) is 2.44. The van der Waals surface area contributed by atoms with E-state index in [4.69, 9.17) is 9.47 Å². The number of hydrogen-bond acceptors (Lipinski definition) is 4. The molecule has 0 atom stereocenters. The summed E-state index contributed by atoms with van der Waals surface area (Å²) in [5.74, 6) is 0.946. The second kappa shape index (κ2) is 9.59. The lowest BCUT2D eigenvalue weighted by Crippen LogP contribution is -2.48. The Balaban J connectivity index is 0.000000242. The van der Waals surface area contributed by atoms with Crippen molar-refractivity contribution in [2.75, 3.05) is 14.2 Å². The fraction of sp³-hybridized carbons (Fsp3) is 0.435. The minimum atomic E-state index is -0.234. The van der Waals surface area contributed by atoms with Crippen LogP contribution in [0.3, 0.4) is 0 Å². The molecule has 152 valence electrons. The lowest BCUT2D eigenvalue weighted by molar-refractivity contribution is -0.147. The molecule has 0 saturated heterocycles. The van der Waals surface area contributed by atoms with Crippen LogP contribution in [0.5, 0.6) is 0 Å². The number of fused-ring (bicyclic) bond motifs is 1. The van der Waals surface area contributed by atoms with Crippen molar-refractivity contribution < 1.29 is 9.47 Å². The summed E-state index contributed by atoms with van der Waals surface area (Å²) in [5, 5.41) is 0.984. The topological polar surface area (TPSA) is 47.1 Å². The molecule has 0 aliphatic heterocycles. The van der Waals surface area contributed by atoms with Gasteiger partial charge >= 0.3 is 0 Å². The zero-order chi connectivity index (χ0) is 20.8. The van der Waals surface area contributed by atoms with E-state index in [1.54, 1.807) is 26.0 Å². The van der Waals surface area contributed by atoms with Crippen molar-refractivity contribution in [1.82, 2.24) is 9.97 Å². The molecule has 1 aromatic heterocycles. The van der Waals surface area contributed by atoms with Crippen LogP contribution in [0.15, 0.2) is 53.7 Å². The molecule has 3 rings (SSSR count). The molecule has 28 heavy (non-hydrogen) atoms. The van der Waals surface area contributed by atoms with Crippen LogP contribution < -0.4 is 0 Å². The van der Waals surface area contributed by atoms with E-state index in [1.807, 2.05) is 45.9 Å². The SMILES string of the molecule is COC(C)(C)C(C)(C)OC.Cc1cccc(CSc2nc3ccccc3[nH]2)c1. The number of hydrogen-bond donors (Lipinski definition) is 1. The Labute approximate surface area is 173 Å². The average Bonchev–Trinajstić information content (AvgIpc) is 3.10. The van der Waals surface area contributed by atoms with E-state index in [0.717, 1.165) is 21.9 Å². The highest BCUT2D eigenvalue weighted by molar-refractivity contribution is 7.98. The number of ether oxygens (including phenoxy) is 2. The van der Waals surface area contributed by atoms with Gasteiger partial charge in [-0.25, -0.2) is 4.98 Å². The molecule has 2 aromatic carbocycles. The summed E-state index contributed by atoms with van der Waals surface area (Å²) in [5.41, 5.74) is 4.30. The Morgan fingerprint density at radius 3 is 2.14 bits per heavy atom. The van der Waals surface area contributed by atoms with Crippen molar-refractivity contribution in [1.29, 1.82) is 0 Å². The van der Waals surface area contributed by atoms with Gasteiger partial charge in [-0.15, -0.1) is 0 Å². The van der Waals surface area contributed by atoms with Crippen molar-refractivity contribution in [3.05, 3.63) is 59.7 Å². The number of imidazole rings is 1. The van der Waals surface area contributed by atoms with Gasteiger partial charge in [0.25, 0.3) is 0 Å². The Hall–Kier alpha value is -1.82. The Morgan fingerprint density at radius 2 is 1.57 bits per heavy atom. The van der Waals surface area contributed by atoms with E-state index >= 15 is 0 Å². The van der Waals surface area contributed by atoms with E-state index in [1.165, 1.54) is 11.1 Å². The van der Waals surface area contributed by atoms with E-state index < -0.39 is 0 Å². The summed E-state index contributed by atoms with van der Waals surface area (Å²) >= 11 is 1.74. The van der Waals surface area contributed by atoms with Gasteiger partial charge in [-0.05, 0) is 52.3 Å². The molecule has 0 bridgehead atoms. The number of rotatable bonds is 6. The predicted molar refractivity (Wildman–Crippen MR) is 119 cm³/mol. The molecule has 0 aliphatic carbocycles. The van der Waals surface area contributed by atoms with Crippen LogP contribution in [-0.4, -0.2) is 35.4 Å². The highest BCUT2D eigenvalue weighted by Crippen LogP contribution is 2.27. The third-order valence-corrected chi connectivity index (χ3v) is 6.24. The molecular weight excluding hydrogens is 368 g/mol. The van der Waals surface area contributed by atoms with Crippen molar-refractivity contribution in [2.45, 2.75) is 56.7 Å². The van der Waals surface area contributed by atoms with Gasteiger partial charge in [-0.2, -0.15) is 0 Å². The summed E-state index contributed by atoms with van der Waals surface area (Å²) < 4.78 is 10.5. The maximum Gasteiger partial charge on any atom is 0.166 e. The second-order valence-electron chi connectivity index (χ2n) is 7.77. The normalized spacial score (nSPS) is 12.0. The summed E-state index contributed by atoms with van der Waals surface area (Å²) in [6.07, 6.45) is 0. The first kappa shape index (κ1) is 22.5. The molecule has 1 heterocycles. The number of aryl methyl sites for hydroxylation is 1. The van der Waals surface area contributed by atoms with Gasteiger partial charge in [0.05, 0.1) is 22.2 Å². The van der Waals surface area contributed by atoms with Gasteiger partial charge < -0.3 is 14.5 Å². The number of nitrogens with one attached hydrogen (secondary N) is 1. The van der Waals surface area contributed by atoms with E-state index in [-0.39, 0.29) is 11.2 Å². The number of benzene rings is 2. The largest absolute Gasteiger partial charge is 0.376 e. The summed E-state index contributed by atoms with van der Waals surface area (Å²) in [6.45, 7) is 10.2. The van der Waals surface area contributed by atoms with E-state index in [0.29, 0.717) is 0 Å². The van der Waals surface area contributed by atoms with Crippen LogP contribution in [0, 0.1) is 6.92 Å². The van der Waals surface area contributed by atoms with Gasteiger partial charge in [-0.1, -0.05) is 53.7 Å². The lowest BCUT2D eigenvalue weighted by atomic mass is 9.89. The molecule has 4 nitrogen and oxygen atoms in total. The first-order valence-corrected chi connectivity index (χ1v) is 10.4. The first-order valence-electron chi connectivity index (χ1n) is 9.42. The van der Waals surface area contributed by atoms with Crippen LogP contribution in [0.25, 0.3) is 11.0 Å². The molecule has 5 heteroatoms. The minimum absolute atomic E-state index is 0.234. The minimum Gasteiger partial charge on any atom is -0.376 e. The van der Waals surface area contributed by atoms with Crippen molar-refractivity contribution in [3.63, 3.8) is 0 Å². The number of H-pyrrole nitrogens is 1. The fourth-order valence-corrected chi connectivity index (χ4v) is 3.27. The molecule has 3 aromatic rings. The van der Waals surface area contributed by atoms with Gasteiger partial charge in [0.2, 0.25) is 0 Å². The van der Waals surface area contributed by atoms with Crippen LogP contribution in [0.2, 0.25) is 0 Å². The van der Waals surface area contributed by atoms with Gasteiger partial charge in [-0.3, -0.25) is 0 Å². The van der Waals surface area contributed by atoms with Gasteiger partial charge in [0.15, 0.2) is 5.16 Å². The molecule has 1 N–H and O–H groups in total. The lowest BCUT2D eigenvalue weighted by Gasteiger charge is -2.38. The molecule has 0 aliphatic rings. The average molecular weight is 401 g/mol. The summed E-state index contributed by atoms with van der Waals surface area (Å²) in [7, 11) is 3.39. The Kier molecular flexibility index (Phi) is 7.70. The van der Waals surface area contributed by atoms with E-state index in [2.05, 4.69) is 47.2 Å². The number of methoxy groups -OCH3 is 2. The van der Waals surface area contributed by atoms with Gasteiger partial charge in [0, 0.05) is 20.0 Å². The van der Waals surface area contributed by atoms with Crippen LogP contribution >= 0.6 is 11.8 Å². The highest BCUT2D eigenvalue weighted by Gasteiger charge is 2.36. The van der Waals surface area contributed by atoms with Crippen LogP contribution in [0.1, 0.15) is 38.8 Å². The first-order chi connectivity index (χ1) is 13.2. The zero-order valence-corrected chi connectivity index (χ0v) is 18.8. The van der Waals surface area contributed by atoms with Crippen LogP contribution in [-0.2, 0) is 15.2 Å². The molecule has 0 amide bonds. The van der Waals surface area contributed by atoms with Crippen molar-refractivity contribution in [3.8, 4) is 0 Å². The Bertz CT molecular complexity index is 840. The maximum atomic E-state index is 5.27. The predicted octanol–water partition coefficient (Wildman–Crippen LogP) is 6.00.